The number of hydrogen-bond donors (Lipinski definition) is 0. The molecule has 278 valence electrons. The van der Waals surface area contributed by atoms with Crippen LogP contribution in [0.3, 0.4) is 0 Å². The Kier molecular flexibility index (Phi) is 18.2. The summed E-state index contributed by atoms with van der Waals surface area (Å²) >= 11 is 0. The number of ether oxygens (including phenoxy) is 3. The third-order valence-electron chi connectivity index (χ3n) is 8.41. The molecule has 3 rings (SSSR count). The first kappa shape index (κ1) is 41.1. The van der Waals surface area contributed by atoms with Crippen molar-refractivity contribution in [3.05, 3.63) is 72.1 Å². The standard InChI is InChI=1S/C40H51F3N2O6/c1-3-5-7-9-10-11-12-13-14-16-26-49-35-28-44-37(45-29-35)30-18-20-31(21-19-30)38(47)50-34-24-22-32(23-25-34)39(48)51-36(40(41,42)43)27-33(46)17-15-8-6-4-2/h18-25,28-29,36H,3-17,26-27H2,1-2H3/t36-/m1/s1. The number of carbonyl (C=O) groups excluding carboxylic acids is 3. The predicted molar refractivity (Wildman–Crippen MR) is 190 cm³/mol. The van der Waals surface area contributed by atoms with E-state index >= 15 is 0 Å². The van der Waals surface area contributed by atoms with Gasteiger partial charge in [0.05, 0.1) is 36.5 Å². The van der Waals surface area contributed by atoms with Crippen LogP contribution in [0.2, 0.25) is 0 Å². The van der Waals surface area contributed by atoms with Crippen LogP contribution in [0.15, 0.2) is 60.9 Å². The summed E-state index contributed by atoms with van der Waals surface area (Å²) in [4.78, 5) is 46.0. The van der Waals surface area contributed by atoms with Gasteiger partial charge in [-0.05, 0) is 49.2 Å². The molecule has 0 aliphatic heterocycles. The number of esters is 2. The minimum atomic E-state index is -4.89. The second-order valence-corrected chi connectivity index (χ2v) is 12.8. The van der Waals surface area contributed by atoms with E-state index in [1.54, 1.807) is 36.7 Å². The second-order valence-electron chi connectivity index (χ2n) is 12.8. The lowest BCUT2D eigenvalue weighted by molar-refractivity contribution is -0.206. The van der Waals surface area contributed by atoms with E-state index in [0.29, 0.717) is 30.2 Å². The van der Waals surface area contributed by atoms with Crippen LogP contribution in [0.25, 0.3) is 11.4 Å². The first-order chi connectivity index (χ1) is 24.6. The van der Waals surface area contributed by atoms with Crippen molar-refractivity contribution in [2.45, 2.75) is 129 Å². The molecule has 1 heterocycles. The number of hydrogen-bond acceptors (Lipinski definition) is 8. The van der Waals surface area contributed by atoms with Crippen molar-refractivity contribution in [3.8, 4) is 22.9 Å². The molecule has 1 atom stereocenters. The topological polar surface area (TPSA) is 105 Å². The van der Waals surface area contributed by atoms with Crippen LogP contribution in [-0.4, -0.2) is 46.6 Å². The third-order valence-corrected chi connectivity index (χ3v) is 8.41. The number of ketones is 1. The SMILES string of the molecule is CCCCCCCCCCCCOc1cnc(-c2ccc(C(=O)Oc3ccc(C(=O)O[C@H](CC(=O)CCCCCC)C(F)(F)F)cc3)cc2)nc1. The van der Waals surface area contributed by atoms with Gasteiger partial charge in [-0.25, -0.2) is 19.6 Å². The summed E-state index contributed by atoms with van der Waals surface area (Å²) in [7, 11) is 0. The number of aromatic nitrogens is 2. The van der Waals surface area contributed by atoms with Crippen molar-refractivity contribution in [1.29, 1.82) is 0 Å². The monoisotopic (exact) mass is 712 g/mol. The molecule has 0 radical (unpaired) electrons. The Morgan fingerprint density at radius 1 is 0.647 bits per heavy atom. The van der Waals surface area contributed by atoms with Gasteiger partial charge in [0.1, 0.15) is 11.5 Å². The highest BCUT2D eigenvalue weighted by Crippen LogP contribution is 2.28. The highest BCUT2D eigenvalue weighted by molar-refractivity contribution is 5.92. The molecule has 8 nitrogen and oxygen atoms in total. The van der Waals surface area contributed by atoms with E-state index in [9.17, 15) is 27.6 Å². The van der Waals surface area contributed by atoms with E-state index in [1.807, 2.05) is 6.92 Å². The quantitative estimate of drug-likeness (QED) is 0.0513. The van der Waals surface area contributed by atoms with Crippen molar-refractivity contribution >= 4 is 17.7 Å². The summed E-state index contributed by atoms with van der Waals surface area (Å²) in [6.45, 7) is 4.84. The molecule has 0 aliphatic rings. The molecule has 3 aromatic rings. The summed E-state index contributed by atoms with van der Waals surface area (Å²) in [6.07, 6.45) is 10.5. The Morgan fingerprint density at radius 3 is 1.73 bits per heavy atom. The Morgan fingerprint density at radius 2 is 1.16 bits per heavy atom. The van der Waals surface area contributed by atoms with E-state index in [-0.39, 0.29) is 23.3 Å². The van der Waals surface area contributed by atoms with Crippen molar-refractivity contribution in [1.82, 2.24) is 9.97 Å². The minimum Gasteiger partial charge on any atom is -0.490 e. The summed E-state index contributed by atoms with van der Waals surface area (Å²) < 4.78 is 56.4. The molecule has 0 unspecified atom stereocenters. The normalized spacial score (nSPS) is 11.9. The van der Waals surface area contributed by atoms with Gasteiger partial charge in [0, 0.05) is 12.0 Å². The minimum absolute atomic E-state index is 0.00274. The first-order valence-electron chi connectivity index (χ1n) is 18.3. The van der Waals surface area contributed by atoms with E-state index in [2.05, 4.69) is 21.6 Å². The van der Waals surface area contributed by atoms with Crippen molar-refractivity contribution < 1.29 is 41.8 Å². The molecule has 51 heavy (non-hydrogen) atoms. The Labute approximate surface area is 299 Å². The molecular weight excluding hydrogens is 661 g/mol. The molecule has 0 saturated heterocycles. The fourth-order valence-corrected chi connectivity index (χ4v) is 5.38. The average molecular weight is 713 g/mol. The summed E-state index contributed by atoms with van der Waals surface area (Å²) in [6, 6.07) is 11.4. The number of carbonyl (C=O) groups is 3. The molecule has 0 fully saturated rings. The van der Waals surface area contributed by atoms with E-state index < -0.39 is 36.4 Å². The molecule has 0 spiro atoms. The zero-order valence-electron chi connectivity index (χ0n) is 29.8. The van der Waals surface area contributed by atoms with Gasteiger partial charge in [-0.2, -0.15) is 13.2 Å². The molecule has 0 aliphatic carbocycles. The Hall–Kier alpha value is -4.28. The largest absolute Gasteiger partial charge is 0.490 e. The van der Waals surface area contributed by atoms with Gasteiger partial charge < -0.3 is 14.2 Å². The van der Waals surface area contributed by atoms with Crippen molar-refractivity contribution in [2.24, 2.45) is 0 Å². The molecular formula is C40H51F3N2O6. The van der Waals surface area contributed by atoms with Crippen LogP contribution < -0.4 is 9.47 Å². The van der Waals surface area contributed by atoms with Gasteiger partial charge in [0.25, 0.3) is 0 Å². The zero-order chi connectivity index (χ0) is 36.9. The summed E-state index contributed by atoms with van der Waals surface area (Å²) in [5.74, 6) is -1.39. The Balaban J connectivity index is 1.42. The maximum atomic E-state index is 13.5. The van der Waals surface area contributed by atoms with Crippen LogP contribution in [0.1, 0.15) is 137 Å². The molecule has 1 aromatic heterocycles. The molecule has 0 bridgehead atoms. The second kappa shape index (κ2) is 22.5. The lowest BCUT2D eigenvalue weighted by Crippen LogP contribution is -2.35. The van der Waals surface area contributed by atoms with Gasteiger partial charge in [-0.15, -0.1) is 0 Å². The van der Waals surface area contributed by atoms with E-state index in [0.717, 1.165) is 32.1 Å². The van der Waals surface area contributed by atoms with E-state index in [1.165, 1.54) is 75.6 Å². The number of alkyl halides is 3. The van der Waals surface area contributed by atoms with Crippen molar-refractivity contribution in [3.63, 3.8) is 0 Å². The molecule has 0 saturated carbocycles. The summed E-state index contributed by atoms with van der Waals surface area (Å²) in [5, 5.41) is 0. The summed E-state index contributed by atoms with van der Waals surface area (Å²) in [5.41, 5.74) is 0.746. The van der Waals surface area contributed by atoms with Gasteiger partial charge in [0.2, 0.25) is 6.10 Å². The van der Waals surface area contributed by atoms with Gasteiger partial charge in [-0.1, -0.05) is 103 Å². The molecule has 0 N–H and O–H groups in total. The van der Waals surface area contributed by atoms with Crippen LogP contribution in [-0.2, 0) is 9.53 Å². The number of unbranched alkanes of at least 4 members (excludes halogenated alkanes) is 12. The molecule has 2 aromatic carbocycles. The lowest BCUT2D eigenvalue weighted by atomic mass is 10.1. The smallest absolute Gasteiger partial charge is 0.425 e. The maximum Gasteiger partial charge on any atom is 0.425 e. The first-order valence-corrected chi connectivity index (χ1v) is 18.3. The predicted octanol–water partition coefficient (Wildman–Crippen LogP) is 10.7. The molecule has 0 amide bonds. The fourth-order valence-electron chi connectivity index (χ4n) is 5.38. The highest BCUT2D eigenvalue weighted by Gasteiger charge is 2.44. The van der Waals surface area contributed by atoms with Crippen molar-refractivity contribution in [2.75, 3.05) is 6.61 Å². The Bertz CT molecular complexity index is 1460. The number of halogens is 3. The van der Waals surface area contributed by atoms with E-state index in [4.69, 9.17) is 9.47 Å². The lowest BCUT2D eigenvalue weighted by Gasteiger charge is -2.20. The fraction of sp³-hybridized carbons (Fsp3) is 0.525. The van der Waals surface area contributed by atoms with Gasteiger partial charge >= 0.3 is 18.1 Å². The van der Waals surface area contributed by atoms with Crippen LogP contribution in [0.5, 0.6) is 11.5 Å². The number of nitrogens with zero attached hydrogens (tertiary/aromatic N) is 2. The zero-order valence-corrected chi connectivity index (χ0v) is 29.8. The van der Waals surface area contributed by atoms with Gasteiger partial charge in [0.15, 0.2) is 11.6 Å². The average Bonchev–Trinajstić information content (AvgIpc) is 3.12. The number of rotatable bonds is 24. The number of benzene rings is 2. The van der Waals surface area contributed by atoms with Crippen LogP contribution in [0, 0.1) is 0 Å². The third kappa shape index (κ3) is 15.7. The number of Topliss-reactive ketones (excluding diaryl/α,β-unsaturated/α-hetero) is 1. The van der Waals surface area contributed by atoms with Gasteiger partial charge in [-0.3, -0.25) is 4.79 Å². The maximum absolute atomic E-state index is 13.5. The highest BCUT2D eigenvalue weighted by atomic mass is 19.4. The van der Waals surface area contributed by atoms with Crippen LogP contribution in [0.4, 0.5) is 13.2 Å². The molecule has 11 heteroatoms. The van der Waals surface area contributed by atoms with Crippen LogP contribution >= 0.6 is 0 Å².